The molecule has 1 aliphatic heterocycles. The maximum absolute atomic E-state index is 3.69. The topological polar surface area (TPSA) is 15.3 Å². The van der Waals surface area contributed by atoms with E-state index in [0.29, 0.717) is 6.04 Å². The monoisotopic (exact) mass is 256 g/mol. The van der Waals surface area contributed by atoms with Crippen molar-refractivity contribution >= 4 is 11.8 Å². The zero-order valence-corrected chi connectivity index (χ0v) is 12.3. The molecule has 2 unspecified atom stereocenters. The Hall–Kier alpha value is 0.270. The lowest BCUT2D eigenvalue weighted by molar-refractivity contribution is 0.0814. The maximum atomic E-state index is 3.69. The fraction of sp³-hybridized carbons (Fsp3) is 1.00. The highest BCUT2D eigenvalue weighted by Crippen LogP contribution is 2.30. The molecule has 0 amide bonds. The first kappa shape index (κ1) is 13.7. The first-order valence-corrected chi connectivity index (χ1v) is 8.67. The van der Waals surface area contributed by atoms with Gasteiger partial charge in [0, 0.05) is 37.5 Å². The van der Waals surface area contributed by atoms with Crippen LogP contribution in [0.4, 0.5) is 0 Å². The Bertz CT molecular complexity index is 216. The number of hydrogen-bond donors (Lipinski definition) is 1. The number of thioether (sulfide) groups is 1. The molecule has 2 aliphatic rings. The number of nitrogens with zero attached hydrogens (tertiary/aromatic N) is 1. The van der Waals surface area contributed by atoms with E-state index in [2.05, 4.69) is 23.4 Å². The van der Waals surface area contributed by atoms with Crippen LogP contribution in [0.15, 0.2) is 0 Å². The minimum Gasteiger partial charge on any atom is -0.311 e. The van der Waals surface area contributed by atoms with Gasteiger partial charge in [-0.2, -0.15) is 11.8 Å². The van der Waals surface area contributed by atoms with Crippen molar-refractivity contribution in [3.63, 3.8) is 0 Å². The van der Waals surface area contributed by atoms with Crippen LogP contribution in [0, 0.1) is 5.92 Å². The second kappa shape index (κ2) is 7.01. The van der Waals surface area contributed by atoms with E-state index in [0.717, 1.165) is 12.0 Å². The highest BCUT2D eigenvalue weighted by Gasteiger charge is 2.32. The first-order valence-electron chi connectivity index (χ1n) is 7.27. The van der Waals surface area contributed by atoms with E-state index in [1.54, 1.807) is 0 Å². The van der Waals surface area contributed by atoms with Crippen LogP contribution >= 0.6 is 11.8 Å². The summed E-state index contributed by atoms with van der Waals surface area (Å²) in [5, 5.41) is 3.69. The van der Waals surface area contributed by atoms with Gasteiger partial charge in [-0.1, -0.05) is 19.3 Å². The smallest absolute Gasteiger partial charge is 0.0249 e. The van der Waals surface area contributed by atoms with Gasteiger partial charge in [0.25, 0.3) is 0 Å². The van der Waals surface area contributed by atoms with E-state index in [1.807, 2.05) is 11.8 Å². The van der Waals surface area contributed by atoms with E-state index in [-0.39, 0.29) is 0 Å². The summed E-state index contributed by atoms with van der Waals surface area (Å²) in [4.78, 5) is 2.77. The SMILES string of the molecule is CSCCN1CC(C)NCC1C1CCCCC1. The summed E-state index contributed by atoms with van der Waals surface area (Å²) in [7, 11) is 0. The summed E-state index contributed by atoms with van der Waals surface area (Å²) in [6.45, 7) is 6.08. The number of hydrogen-bond acceptors (Lipinski definition) is 3. The van der Waals surface area contributed by atoms with Gasteiger partial charge >= 0.3 is 0 Å². The van der Waals surface area contributed by atoms with E-state index >= 15 is 0 Å². The Morgan fingerprint density at radius 2 is 2.00 bits per heavy atom. The van der Waals surface area contributed by atoms with Crippen molar-refractivity contribution in [3.05, 3.63) is 0 Å². The Morgan fingerprint density at radius 3 is 2.71 bits per heavy atom. The predicted molar refractivity (Wildman–Crippen MR) is 77.8 cm³/mol. The molecule has 1 heterocycles. The Morgan fingerprint density at radius 1 is 1.24 bits per heavy atom. The summed E-state index contributed by atoms with van der Waals surface area (Å²) in [6, 6.07) is 1.50. The third-order valence-electron chi connectivity index (χ3n) is 4.43. The number of piperazine rings is 1. The molecule has 1 saturated heterocycles. The average molecular weight is 256 g/mol. The minimum atomic E-state index is 0.677. The lowest BCUT2D eigenvalue weighted by Crippen LogP contribution is -2.58. The zero-order chi connectivity index (χ0) is 12.1. The molecule has 17 heavy (non-hydrogen) atoms. The highest BCUT2D eigenvalue weighted by atomic mass is 32.2. The van der Waals surface area contributed by atoms with Crippen LogP contribution in [0.25, 0.3) is 0 Å². The molecular weight excluding hydrogens is 228 g/mol. The lowest BCUT2D eigenvalue weighted by Gasteiger charge is -2.44. The van der Waals surface area contributed by atoms with E-state index in [9.17, 15) is 0 Å². The molecule has 0 aromatic carbocycles. The summed E-state index contributed by atoms with van der Waals surface area (Å²) in [5.74, 6) is 2.25. The van der Waals surface area contributed by atoms with Gasteiger partial charge in [0.2, 0.25) is 0 Å². The standard InChI is InChI=1S/C14H28N2S/c1-12-11-16(8-9-17-2)14(10-15-12)13-6-4-3-5-7-13/h12-15H,3-11H2,1-2H3. The molecule has 2 nitrogen and oxygen atoms in total. The molecule has 2 rings (SSSR count). The molecule has 2 fully saturated rings. The minimum absolute atomic E-state index is 0.677. The molecule has 3 heteroatoms. The van der Waals surface area contributed by atoms with Crippen molar-refractivity contribution < 1.29 is 0 Å². The molecule has 1 N–H and O–H groups in total. The average Bonchev–Trinajstić information content (AvgIpc) is 2.37. The van der Waals surface area contributed by atoms with Crippen molar-refractivity contribution in [1.29, 1.82) is 0 Å². The van der Waals surface area contributed by atoms with Crippen molar-refractivity contribution in [2.24, 2.45) is 5.92 Å². The number of nitrogens with one attached hydrogen (secondary N) is 1. The fourth-order valence-electron chi connectivity index (χ4n) is 3.45. The molecule has 0 bridgehead atoms. The van der Waals surface area contributed by atoms with Gasteiger partial charge in [-0.05, 0) is 31.9 Å². The maximum Gasteiger partial charge on any atom is 0.0249 e. The van der Waals surface area contributed by atoms with Gasteiger partial charge < -0.3 is 5.32 Å². The molecule has 1 aliphatic carbocycles. The Kier molecular flexibility index (Phi) is 5.64. The van der Waals surface area contributed by atoms with Crippen LogP contribution in [-0.4, -0.2) is 48.6 Å². The van der Waals surface area contributed by atoms with E-state index in [4.69, 9.17) is 0 Å². The van der Waals surface area contributed by atoms with E-state index in [1.165, 1.54) is 57.5 Å². The largest absolute Gasteiger partial charge is 0.311 e. The van der Waals surface area contributed by atoms with Crippen LogP contribution in [0.3, 0.4) is 0 Å². The second-order valence-electron chi connectivity index (χ2n) is 5.76. The highest BCUT2D eigenvalue weighted by molar-refractivity contribution is 7.98. The molecule has 0 aromatic heterocycles. The molecule has 1 saturated carbocycles. The zero-order valence-electron chi connectivity index (χ0n) is 11.5. The van der Waals surface area contributed by atoms with Crippen LogP contribution in [-0.2, 0) is 0 Å². The molecule has 0 spiro atoms. The van der Waals surface area contributed by atoms with Crippen molar-refractivity contribution in [2.75, 3.05) is 31.6 Å². The van der Waals surface area contributed by atoms with Crippen molar-refractivity contribution in [3.8, 4) is 0 Å². The van der Waals surface area contributed by atoms with E-state index < -0.39 is 0 Å². The molecular formula is C14H28N2S. The van der Waals surface area contributed by atoms with Gasteiger partial charge in [0.05, 0.1) is 0 Å². The van der Waals surface area contributed by atoms with Gasteiger partial charge in [-0.3, -0.25) is 4.90 Å². The molecule has 0 aromatic rings. The first-order chi connectivity index (χ1) is 8.31. The summed E-state index contributed by atoms with van der Waals surface area (Å²) in [5.41, 5.74) is 0. The summed E-state index contributed by atoms with van der Waals surface area (Å²) < 4.78 is 0. The van der Waals surface area contributed by atoms with Crippen LogP contribution in [0.2, 0.25) is 0 Å². The van der Waals surface area contributed by atoms with Gasteiger partial charge in [-0.25, -0.2) is 0 Å². The van der Waals surface area contributed by atoms with Gasteiger partial charge in [0.15, 0.2) is 0 Å². The van der Waals surface area contributed by atoms with Crippen LogP contribution < -0.4 is 5.32 Å². The van der Waals surface area contributed by atoms with Gasteiger partial charge in [0.1, 0.15) is 0 Å². The molecule has 100 valence electrons. The third-order valence-corrected chi connectivity index (χ3v) is 5.02. The van der Waals surface area contributed by atoms with Crippen LogP contribution in [0.1, 0.15) is 39.0 Å². The fourth-order valence-corrected chi connectivity index (χ4v) is 3.87. The lowest BCUT2D eigenvalue weighted by atomic mass is 9.82. The molecule has 0 radical (unpaired) electrons. The summed E-state index contributed by atoms with van der Waals surface area (Å²) >= 11 is 1.98. The molecule has 2 atom stereocenters. The van der Waals surface area contributed by atoms with Crippen molar-refractivity contribution in [2.45, 2.75) is 51.1 Å². The predicted octanol–water partition coefficient (Wildman–Crippen LogP) is 2.59. The Labute approximate surface area is 111 Å². The van der Waals surface area contributed by atoms with Gasteiger partial charge in [-0.15, -0.1) is 0 Å². The normalized spacial score (nSPS) is 32.8. The second-order valence-corrected chi connectivity index (χ2v) is 6.75. The summed E-state index contributed by atoms with van der Waals surface area (Å²) in [6.07, 6.45) is 9.56. The Balaban J connectivity index is 1.91. The third kappa shape index (κ3) is 3.87. The van der Waals surface area contributed by atoms with Crippen molar-refractivity contribution in [1.82, 2.24) is 10.2 Å². The van der Waals surface area contributed by atoms with Crippen LogP contribution in [0.5, 0.6) is 0 Å². The number of rotatable bonds is 4. The quantitative estimate of drug-likeness (QED) is 0.832.